The van der Waals surface area contributed by atoms with Gasteiger partial charge in [-0.2, -0.15) is 5.10 Å². The van der Waals surface area contributed by atoms with Gasteiger partial charge in [-0.15, -0.1) is 0 Å². The lowest BCUT2D eigenvalue weighted by molar-refractivity contribution is 0.102. The van der Waals surface area contributed by atoms with Crippen LogP contribution in [0.4, 0.5) is 11.5 Å². The number of aromatic nitrogens is 4. The molecule has 1 amide bonds. The number of amides is 1. The zero-order chi connectivity index (χ0) is 21.9. The highest BCUT2D eigenvalue weighted by molar-refractivity contribution is 6.04. The molecule has 0 atom stereocenters. The van der Waals surface area contributed by atoms with Gasteiger partial charge in [0, 0.05) is 29.9 Å². The molecule has 3 heterocycles. The van der Waals surface area contributed by atoms with Crippen molar-refractivity contribution in [1.29, 1.82) is 0 Å². The Kier molecular flexibility index (Phi) is 5.39. The Hall–Kier alpha value is -3.98. The van der Waals surface area contributed by atoms with Gasteiger partial charge in [-0.1, -0.05) is 6.07 Å². The predicted molar refractivity (Wildman–Crippen MR) is 121 cm³/mol. The third kappa shape index (κ3) is 3.97. The van der Waals surface area contributed by atoms with E-state index in [4.69, 9.17) is 14.5 Å². The average molecular weight is 430 g/mol. The molecular weight excluding hydrogens is 408 g/mol. The number of hydrogen-bond donors (Lipinski definition) is 2. The fraction of sp³-hybridized carbons (Fsp3) is 0.217. The number of rotatable bonds is 5. The molecule has 32 heavy (non-hydrogen) atoms. The van der Waals surface area contributed by atoms with Crippen LogP contribution in [0.1, 0.15) is 10.4 Å². The molecule has 9 nitrogen and oxygen atoms in total. The molecular formula is C23H22N6O3. The first kappa shape index (κ1) is 20.0. The van der Waals surface area contributed by atoms with E-state index in [0.29, 0.717) is 41.7 Å². The topological polar surface area (TPSA) is 105 Å². The number of hydrogen-bond acceptors (Lipinski definition) is 7. The second-order valence-electron chi connectivity index (χ2n) is 7.37. The molecule has 0 bridgehead atoms. The van der Waals surface area contributed by atoms with Crippen LogP contribution < -0.4 is 15.0 Å². The van der Waals surface area contributed by atoms with Crippen LogP contribution in [0.15, 0.2) is 54.7 Å². The lowest BCUT2D eigenvalue weighted by Gasteiger charge is -2.28. The summed E-state index contributed by atoms with van der Waals surface area (Å²) < 4.78 is 10.7. The van der Waals surface area contributed by atoms with Crippen molar-refractivity contribution < 1.29 is 14.3 Å². The Labute approximate surface area is 184 Å². The maximum Gasteiger partial charge on any atom is 0.255 e. The van der Waals surface area contributed by atoms with E-state index in [2.05, 4.69) is 25.4 Å². The summed E-state index contributed by atoms with van der Waals surface area (Å²) in [5.74, 6) is 1.86. The van der Waals surface area contributed by atoms with Crippen molar-refractivity contribution in [2.45, 2.75) is 0 Å². The van der Waals surface area contributed by atoms with Crippen molar-refractivity contribution in [2.75, 3.05) is 43.6 Å². The van der Waals surface area contributed by atoms with E-state index in [1.807, 2.05) is 24.3 Å². The Balaban J connectivity index is 1.39. The normalized spacial score (nSPS) is 13.8. The summed E-state index contributed by atoms with van der Waals surface area (Å²) in [4.78, 5) is 24.2. The first-order chi connectivity index (χ1) is 15.7. The van der Waals surface area contributed by atoms with Gasteiger partial charge in [0.2, 0.25) is 0 Å². The standard InChI is InChI=1S/C23H22N6O3/c1-31-18-4-2-3-16(13-18)23(30)25-17-7-5-15(6-8-17)20-26-21-19(14-24-28-21)22(27-20)29-9-11-32-12-10-29/h2-8,13-14H,9-12H2,1H3,(H,25,30)(H,24,26,27,28). The van der Waals surface area contributed by atoms with Crippen LogP contribution in [0.25, 0.3) is 22.4 Å². The van der Waals surface area contributed by atoms with Crippen molar-refractivity contribution >= 4 is 28.4 Å². The Morgan fingerprint density at radius 2 is 1.94 bits per heavy atom. The number of morpholine rings is 1. The lowest BCUT2D eigenvalue weighted by atomic mass is 10.1. The molecule has 5 rings (SSSR count). The van der Waals surface area contributed by atoms with Crippen molar-refractivity contribution in [1.82, 2.24) is 20.2 Å². The van der Waals surface area contributed by atoms with E-state index in [1.54, 1.807) is 37.6 Å². The van der Waals surface area contributed by atoms with E-state index in [0.717, 1.165) is 29.9 Å². The molecule has 0 spiro atoms. The first-order valence-electron chi connectivity index (χ1n) is 10.3. The summed E-state index contributed by atoms with van der Waals surface area (Å²) in [6, 6.07) is 14.5. The van der Waals surface area contributed by atoms with Gasteiger partial charge in [0.05, 0.1) is 31.9 Å². The minimum atomic E-state index is -0.207. The molecule has 2 N–H and O–H groups in total. The van der Waals surface area contributed by atoms with Crippen LogP contribution in [0, 0.1) is 0 Å². The van der Waals surface area contributed by atoms with Gasteiger partial charge >= 0.3 is 0 Å². The van der Waals surface area contributed by atoms with Gasteiger partial charge in [-0.05, 0) is 42.5 Å². The Morgan fingerprint density at radius 1 is 1.12 bits per heavy atom. The number of nitrogens with one attached hydrogen (secondary N) is 2. The van der Waals surface area contributed by atoms with Gasteiger partial charge in [0.25, 0.3) is 5.91 Å². The maximum absolute atomic E-state index is 12.6. The number of benzene rings is 2. The van der Waals surface area contributed by atoms with Gasteiger partial charge in [-0.25, -0.2) is 9.97 Å². The number of fused-ring (bicyclic) bond motifs is 1. The molecule has 4 aromatic rings. The van der Waals surface area contributed by atoms with Crippen molar-refractivity contribution in [3.8, 4) is 17.1 Å². The fourth-order valence-electron chi connectivity index (χ4n) is 3.64. The van der Waals surface area contributed by atoms with Crippen LogP contribution in [-0.2, 0) is 4.74 Å². The summed E-state index contributed by atoms with van der Waals surface area (Å²) in [6.45, 7) is 2.87. The van der Waals surface area contributed by atoms with E-state index in [1.165, 1.54) is 0 Å². The molecule has 0 saturated carbocycles. The number of nitrogens with zero attached hydrogens (tertiary/aromatic N) is 4. The molecule has 2 aromatic heterocycles. The van der Waals surface area contributed by atoms with Gasteiger partial charge in [0.1, 0.15) is 11.6 Å². The quantitative estimate of drug-likeness (QED) is 0.501. The van der Waals surface area contributed by atoms with Gasteiger partial charge in [0.15, 0.2) is 11.5 Å². The summed E-state index contributed by atoms with van der Waals surface area (Å²) in [5, 5.41) is 10.9. The lowest BCUT2D eigenvalue weighted by Crippen LogP contribution is -2.37. The Morgan fingerprint density at radius 3 is 2.72 bits per heavy atom. The molecule has 0 aliphatic carbocycles. The van der Waals surface area contributed by atoms with Crippen LogP contribution in [0.3, 0.4) is 0 Å². The van der Waals surface area contributed by atoms with Crippen LogP contribution >= 0.6 is 0 Å². The molecule has 9 heteroatoms. The van der Waals surface area contributed by atoms with E-state index in [9.17, 15) is 4.79 Å². The number of methoxy groups -OCH3 is 1. The van der Waals surface area contributed by atoms with Gasteiger partial charge < -0.3 is 19.7 Å². The molecule has 2 aromatic carbocycles. The zero-order valence-corrected chi connectivity index (χ0v) is 17.5. The third-order valence-corrected chi connectivity index (χ3v) is 5.33. The third-order valence-electron chi connectivity index (χ3n) is 5.33. The summed E-state index contributed by atoms with van der Waals surface area (Å²) in [5.41, 5.74) is 2.73. The predicted octanol–water partition coefficient (Wildman–Crippen LogP) is 3.12. The number of carbonyl (C=O) groups is 1. The minimum absolute atomic E-state index is 0.207. The van der Waals surface area contributed by atoms with E-state index in [-0.39, 0.29) is 5.91 Å². The fourth-order valence-corrected chi connectivity index (χ4v) is 3.64. The van der Waals surface area contributed by atoms with Crippen LogP contribution in [-0.4, -0.2) is 59.5 Å². The second kappa shape index (κ2) is 8.64. The maximum atomic E-state index is 12.6. The number of carbonyl (C=O) groups excluding carboxylic acids is 1. The number of anilines is 2. The number of aromatic amines is 1. The SMILES string of the molecule is COc1cccc(C(=O)Nc2ccc(-c3nc(N4CCOCC4)c4cn[nH]c4n3)cc2)c1. The van der Waals surface area contributed by atoms with Gasteiger partial charge in [-0.3, -0.25) is 9.89 Å². The monoisotopic (exact) mass is 430 g/mol. The molecule has 1 saturated heterocycles. The minimum Gasteiger partial charge on any atom is -0.497 e. The summed E-state index contributed by atoms with van der Waals surface area (Å²) in [7, 11) is 1.57. The van der Waals surface area contributed by atoms with Crippen molar-refractivity contribution in [3.05, 3.63) is 60.3 Å². The highest BCUT2D eigenvalue weighted by Gasteiger charge is 2.19. The highest BCUT2D eigenvalue weighted by atomic mass is 16.5. The number of ether oxygens (including phenoxy) is 2. The molecule has 162 valence electrons. The molecule has 1 fully saturated rings. The van der Waals surface area contributed by atoms with Crippen LogP contribution in [0.5, 0.6) is 5.75 Å². The second-order valence-corrected chi connectivity index (χ2v) is 7.37. The molecule has 1 aliphatic rings. The summed E-state index contributed by atoms with van der Waals surface area (Å²) in [6.07, 6.45) is 1.75. The molecule has 0 radical (unpaired) electrons. The number of H-pyrrole nitrogens is 1. The van der Waals surface area contributed by atoms with Crippen molar-refractivity contribution in [3.63, 3.8) is 0 Å². The smallest absolute Gasteiger partial charge is 0.255 e. The average Bonchev–Trinajstić information content (AvgIpc) is 3.33. The van der Waals surface area contributed by atoms with Crippen molar-refractivity contribution in [2.24, 2.45) is 0 Å². The highest BCUT2D eigenvalue weighted by Crippen LogP contribution is 2.27. The molecule has 1 aliphatic heterocycles. The zero-order valence-electron chi connectivity index (χ0n) is 17.5. The Bertz CT molecular complexity index is 1250. The largest absolute Gasteiger partial charge is 0.497 e. The van der Waals surface area contributed by atoms with Crippen LogP contribution in [0.2, 0.25) is 0 Å². The first-order valence-corrected chi connectivity index (χ1v) is 10.3. The van der Waals surface area contributed by atoms with E-state index >= 15 is 0 Å². The van der Waals surface area contributed by atoms with E-state index < -0.39 is 0 Å². The summed E-state index contributed by atoms with van der Waals surface area (Å²) >= 11 is 0. The molecule has 0 unspecified atom stereocenters.